The molecule has 0 aliphatic heterocycles. The topological polar surface area (TPSA) is 84.9 Å². The number of rotatable bonds is 5. The van der Waals surface area contributed by atoms with Gasteiger partial charge >= 0.3 is 12.1 Å². The van der Waals surface area contributed by atoms with Crippen LogP contribution in [0, 0.1) is 5.92 Å². The van der Waals surface area contributed by atoms with Gasteiger partial charge in [-0.05, 0) is 36.1 Å². The zero-order valence-corrected chi connectivity index (χ0v) is 14.5. The van der Waals surface area contributed by atoms with Crippen molar-refractivity contribution >= 4 is 12.1 Å². The fourth-order valence-electron chi connectivity index (χ4n) is 3.26. The third-order valence-electron chi connectivity index (χ3n) is 4.70. The number of amides is 1. The van der Waals surface area contributed by atoms with Gasteiger partial charge in [0.25, 0.3) is 0 Å². The van der Waals surface area contributed by atoms with E-state index in [1.165, 1.54) is 7.11 Å². The second-order valence-electron chi connectivity index (χ2n) is 6.44. The Morgan fingerprint density at radius 2 is 1.77 bits per heavy atom. The Morgan fingerprint density at radius 3 is 2.38 bits per heavy atom. The predicted octanol–water partition coefficient (Wildman–Crippen LogP) is 3.10. The number of hydrogen-bond acceptors (Lipinski definition) is 5. The molecule has 26 heavy (non-hydrogen) atoms. The smallest absolute Gasteiger partial charge is 0.408 e. The van der Waals surface area contributed by atoms with Crippen molar-refractivity contribution in [2.45, 2.75) is 25.0 Å². The molecule has 136 valence electrons. The third kappa shape index (κ3) is 3.79. The molecule has 0 atom stereocenters. The van der Waals surface area contributed by atoms with E-state index in [2.05, 4.69) is 5.32 Å². The van der Waals surface area contributed by atoms with Gasteiger partial charge in [0.05, 0.1) is 18.6 Å². The monoisotopic (exact) mass is 355 g/mol. The summed E-state index contributed by atoms with van der Waals surface area (Å²) in [7, 11) is 1.35. The summed E-state index contributed by atoms with van der Waals surface area (Å²) in [5.41, 5.74) is 0.995. The number of aromatic hydroxyl groups is 1. The summed E-state index contributed by atoms with van der Waals surface area (Å²) in [6, 6.07) is 16.0. The van der Waals surface area contributed by atoms with Gasteiger partial charge in [-0.3, -0.25) is 4.79 Å². The van der Waals surface area contributed by atoms with E-state index in [0.717, 1.165) is 11.1 Å². The Hall–Kier alpha value is -3.02. The number of phenols is 1. The van der Waals surface area contributed by atoms with E-state index in [0.29, 0.717) is 12.8 Å². The number of alkyl carbamates (subject to hydrolysis) is 1. The molecule has 0 bridgehead atoms. The van der Waals surface area contributed by atoms with E-state index >= 15 is 0 Å². The number of nitrogens with one attached hydrogen (secondary N) is 1. The number of hydrogen-bond donors (Lipinski definition) is 2. The highest BCUT2D eigenvalue weighted by Gasteiger charge is 2.50. The largest absolute Gasteiger partial charge is 0.508 e. The number of ether oxygens (including phenoxy) is 2. The number of methoxy groups -OCH3 is 1. The van der Waals surface area contributed by atoms with Crippen LogP contribution in [-0.2, 0) is 26.4 Å². The quantitative estimate of drug-likeness (QED) is 0.805. The van der Waals surface area contributed by atoms with Gasteiger partial charge < -0.3 is 19.9 Å². The molecule has 1 fully saturated rings. The van der Waals surface area contributed by atoms with Crippen molar-refractivity contribution in [2.75, 3.05) is 7.11 Å². The van der Waals surface area contributed by atoms with Crippen molar-refractivity contribution in [3.63, 3.8) is 0 Å². The summed E-state index contributed by atoms with van der Waals surface area (Å²) in [4.78, 5) is 24.1. The summed E-state index contributed by atoms with van der Waals surface area (Å²) < 4.78 is 10.1. The average Bonchev–Trinajstić information content (AvgIpc) is 2.63. The lowest BCUT2D eigenvalue weighted by Crippen LogP contribution is -2.56. The minimum atomic E-state index is -0.708. The molecule has 0 spiro atoms. The van der Waals surface area contributed by atoms with Gasteiger partial charge in [0.2, 0.25) is 0 Å². The predicted molar refractivity (Wildman–Crippen MR) is 94.3 cm³/mol. The van der Waals surface area contributed by atoms with Crippen molar-refractivity contribution in [2.24, 2.45) is 5.92 Å². The molecular weight excluding hydrogens is 334 g/mol. The molecule has 0 unspecified atom stereocenters. The summed E-state index contributed by atoms with van der Waals surface area (Å²) in [5, 5.41) is 12.4. The molecule has 2 N–H and O–H groups in total. The summed E-state index contributed by atoms with van der Waals surface area (Å²) in [6.45, 7) is 0.165. The van der Waals surface area contributed by atoms with Crippen molar-refractivity contribution < 1.29 is 24.2 Å². The first-order chi connectivity index (χ1) is 12.5. The zero-order valence-electron chi connectivity index (χ0n) is 14.5. The van der Waals surface area contributed by atoms with Gasteiger partial charge in [-0.15, -0.1) is 0 Å². The Bertz CT molecular complexity index is 767. The first-order valence-electron chi connectivity index (χ1n) is 8.38. The number of carbonyl (C=O) groups is 2. The highest BCUT2D eigenvalue weighted by molar-refractivity contribution is 5.76. The van der Waals surface area contributed by atoms with Crippen LogP contribution in [0.2, 0.25) is 0 Å². The number of esters is 1. The van der Waals surface area contributed by atoms with Crippen LogP contribution in [0.4, 0.5) is 4.79 Å². The molecule has 1 amide bonds. The molecule has 1 aliphatic rings. The molecule has 2 aromatic rings. The Kier molecular flexibility index (Phi) is 5.11. The molecule has 0 radical (unpaired) electrons. The van der Waals surface area contributed by atoms with E-state index in [9.17, 15) is 14.7 Å². The van der Waals surface area contributed by atoms with E-state index in [-0.39, 0.29) is 24.2 Å². The Morgan fingerprint density at radius 1 is 1.12 bits per heavy atom. The van der Waals surface area contributed by atoms with Crippen LogP contribution in [-0.4, -0.2) is 24.3 Å². The third-order valence-corrected chi connectivity index (χ3v) is 4.70. The maximum atomic E-state index is 12.3. The highest BCUT2D eigenvalue weighted by Crippen LogP contribution is 2.46. The van der Waals surface area contributed by atoms with Gasteiger partial charge in [0, 0.05) is 0 Å². The van der Waals surface area contributed by atoms with Crippen LogP contribution >= 0.6 is 0 Å². The molecule has 2 aromatic carbocycles. The van der Waals surface area contributed by atoms with Crippen LogP contribution in [0.5, 0.6) is 5.75 Å². The van der Waals surface area contributed by atoms with Crippen LogP contribution in [0.3, 0.4) is 0 Å². The summed E-state index contributed by atoms with van der Waals surface area (Å²) >= 11 is 0. The van der Waals surface area contributed by atoms with Gasteiger partial charge in [0.1, 0.15) is 12.4 Å². The van der Waals surface area contributed by atoms with Crippen LogP contribution in [0.25, 0.3) is 0 Å². The minimum absolute atomic E-state index is 0.138. The lowest BCUT2D eigenvalue weighted by molar-refractivity contribution is -0.151. The molecule has 0 saturated heterocycles. The lowest BCUT2D eigenvalue weighted by atomic mass is 9.64. The number of benzene rings is 2. The highest BCUT2D eigenvalue weighted by atomic mass is 16.5. The summed E-state index contributed by atoms with van der Waals surface area (Å²) in [5.74, 6) is -0.429. The van der Waals surface area contributed by atoms with Gasteiger partial charge in [-0.25, -0.2) is 4.79 Å². The number of carbonyl (C=O) groups excluding carboxylic acids is 2. The van der Waals surface area contributed by atoms with E-state index < -0.39 is 11.6 Å². The maximum Gasteiger partial charge on any atom is 0.408 e. The van der Waals surface area contributed by atoms with Crippen molar-refractivity contribution in [1.82, 2.24) is 5.32 Å². The summed E-state index contributed by atoms with van der Waals surface area (Å²) in [6.07, 6.45) is 0.292. The maximum absolute atomic E-state index is 12.3. The molecular formula is C20H21NO5. The Labute approximate surface area is 151 Å². The van der Waals surface area contributed by atoms with Crippen LogP contribution in [0.15, 0.2) is 54.6 Å². The van der Waals surface area contributed by atoms with E-state index in [1.54, 1.807) is 24.3 Å². The molecule has 1 aliphatic carbocycles. The normalized spacial score (nSPS) is 21.3. The fraction of sp³-hybridized carbons (Fsp3) is 0.300. The first kappa shape index (κ1) is 17.8. The minimum Gasteiger partial charge on any atom is -0.508 e. The molecule has 1 saturated carbocycles. The van der Waals surface area contributed by atoms with Crippen molar-refractivity contribution in [1.29, 1.82) is 0 Å². The van der Waals surface area contributed by atoms with Gasteiger partial charge in [0.15, 0.2) is 0 Å². The second kappa shape index (κ2) is 7.47. The average molecular weight is 355 g/mol. The second-order valence-corrected chi connectivity index (χ2v) is 6.44. The Balaban J connectivity index is 1.69. The SMILES string of the molecule is COC(=O)C1CC(NC(=O)OCc2ccccc2)(c2ccc(O)cc2)C1. The molecule has 3 rings (SSSR count). The molecule has 6 nitrogen and oxygen atoms in total. The first-order valence-corrected chi connectivity index (χ1v) is 8.38. The van der Waals surface area contributed by atoms with Gasteiger partial charge in [-0.2, -0.15) is 0 Å². The van der Waals surface area contributed by atoms with E-state index in [1.807, 2.05) is 30.3 Å². The number of phenolic OH excluding ortho intramolecular Hbond substituents is 1. The van der Waals surface area contributed by atoms with E-state index in [4.69, 9.17) is 9.47 Å². The van der Waals surface area contributed by atoms with Gasteiger partial charge in [-0.1, -0.05) is 42.5 Å². The van der Waals surface area contributed by atoms with Crippen LogP contribution in [0.1, 0.15) is 24.0 Å². The van der Waals surface area contributed by atoms with Crippen molar-refractivity contribution in [3.8, 4) is 5.75 Å². The molecule has 6 heteroatoms. The molecule has 0 heterocycles. The van der Waals surface area contributed by atoms with Crippen LogP contribution < -0.4 is 5.32 Å². The fourth-order valence-corrected chi connectivity index (χ4v) is 3.26. The standard InChI is InChI=1S/C20H21NO5/c1-25-18(23)15-11-20(12-15,16-7-9-17(22)10-8-16)21-19(24)26-13-14-5-3-2-4-6-14/h2-10,15,22H,11-13H2,1H3,(H,21,24). The lowest BCUT2D eigenvalue weighted by Gasteiger charge is -2.46. The molecule has 0 aromatic heterocycles. The zero-order chi connectivity index (χ0) is 18.6. The van der Waals surface area contributed by atoms with Crippen molar-refractivity contribution in [3.05, 3.63) is 65.7 Å².